The normalized spacial score (nSPS) is 20.1. The third kappa shape index (κ3) is 3.26. The molecule has 1 N–H and O–H groups in total. The molecule has 0 radical (unpaired) electrons. The second kappa shape index (κ2) is 5.42. The lowest BCUT2D eigenvalue weighted by Gasteiger charge is -2.37. The van der Waals surface area contributed by atoms with Gasteiger partial charge in [0, 0.05) is 18.0 Å². The lowest BCUT2D eigenvalue weighted by Crippen LogP contribution is -2.57. The predicted molar refractivity (Wildman–Crippen MR) is 78.4 cm³/mol. The van der Waals surface area contributed by atoms with Crippen molar-refractivity contribution in [2.24, 2.45) is 0 Å². The van der Waals surface area contributed by atoms with Gasteiger partial charge in [-0.3, -0.25) is 4.79 Å². The van der Waals surface area contributed by atoms with Crippen LogP contribution < -0.4 is 5.32 Å². The van der Waals surface area contributed by atoms with Crippen LogP contribution in [-0.2, 0) is 20.2 Å². The van der Waals surface area contributed by atoms with Gasteiger partial charge < -0.3 is 9.84 Å². The number of hydrogen-bond donors (Lipinski definition) is 1. The van der Waals surface area contributed by atoms with Gasteiger partial charge in [-0.1, -0.05) is 25.9 Å². The molecule has 2 heterocycles. The Kier molecular flexibility index (Phi) is 4.12. The Balaban J connectivity index is 2.04. The van der Waals surface area contributed by atoms with Gasteiger partial charge in [0.05, 0.1) is 5.75 Å². The number of carbonyl (C=O) groups is 1. The molecule has 0 aromatic carbocycles. The van der Waals surface area contributed by atoms with Crippen molar-refractivity contribution in [3.05, 3.63) is 11.8 Å². The number of amides is 1. The smallest absolute Gasteiger partial charge is 0.244 e. The molecule has 1 aromatic heterocycles. The van der Waals surface area contributed by atoms with Crippen LogP contribution in [-0.4, -0.2) is 42.1 Å². The van der Waals surface area contributed by atoms with Crippen LogP contribution in [0.4, 0.5) is 5.82 Å². The van der Waals surface area contributed by atoms with E-state index in [2.05, 4.69) is 10.5 Å². The monoisotopic (exact) mass is 315 g/mol. The van der Waals surface area contributed by atoms with Crippen LogP contribution in [0.25, 0.3) is 0 Å². The Morgan fingerprint density at radius 1 is 1.52 bits per heavy atom. The van der Waals surface area contributed by atoms with Crippen molar-refractivity contribution < 1.29 is 17.7 Å². The molecule has 1 fully saturated rings. The van der Waals surface area contributed by atoms with E-state index in [1.165, 1.54) is 4.31 Å². The van der Waals surface area contributed by atoms with Crippen molar-refractivity contribution in [1.29, 1.82) is 0 Å². The van der Waals surface area contributed by atoms with Gasteiger partial charge in [-0.15, -0.1) is 0 Å². The molecule has 0 spiro atoms. The van der Waals surface area contributed by atoms with Crippen molar-refractivity contribution in [2.75, 3.05) is 17.6 Å². The topological polar surface area (TPSA) is 92.5 Å². The minimum atomic E-state index is -3.34. The fraction of sp³-hybridized carbons (Fsp3) is 0.692. The number of rotatable bonds is 4. The van der Waals surface area contributed by atoms with Crippen LogP contribution in [0.2, 0.25) is 0 Å². The molecule has 1 aliphatic heterocycles. The van der Waals surface area contributed by atoms with Gasteiger partial charge in [-0.25, -0.2) is 8.42 Å². The largest absolute Gasteiger partial charge is 0.359 e. The molecule has 7 nitrogen and oxygen atoms in total. The highest BCUT2D eigenvalue weighted by Crippen LogP contribution is 2.26. The molecule has 21 heavy (non-hydrogen) atoms. The summed E-state index contributed by atoms with van der Waals surface area (Å²) >= 11 is 0. The van der Waals surface area contributed by atoms with Gasteiger partial charge in [0.15, 0.2) is 5.82 Å². The first-order valence-corrected chi connectivity index (χ1v) is 8.53. The van der Waals surface area contributed by atoms with Crippen LogP contribution in [0, 0.1) is 0 Å². The summed E-state index contributed by atoms with van der Waals surface area (Å²) in [5.74, 6) is 0.594. The first-order chi connectivity index (χ1) is 9.65. The maximum absolute atomic E-state index is 12.1. The van der Waals surface area contributed by atoms with E-state index in [4.69, 9.17) is 4.52 Å². The molecule has 0 bridgehead atoms. The van der Waals surface area contributed by atoms with E-state index in [9.17, 15) is 13.2 Å². The first kappa shape index (κ1) is 16.0. The second-order valence-corrected chi connectivity index (χ2v) is 8.34. The summed E-state index contributed by atoms with van der Waals surface area (Å²) in [5.41, 5.74) is -0.204. The van der Waals surface area contributed by atoms with E-state index in [0.717, 1.165) is 0 Å². The minimum absolute atomic E-state index is 0.00505. The number of nitrogens with zero attached hydrogens (tertiary/aromatic N) is 2. The molecule has 1 aliphatic rings. The molecule has 1 saturated heterocycles. The Bertz CT molecular complexity index is 630. The van der Waals surface area contributed by atoms with E-state index in [0.29, 0.717) is 24.5 Å². The summed E-state index contributed by atoms with van der Waals surface area (Å²) < 4.78 is 30.0. The van der Waals surface area contributed by atoms with Crippen molar-refractivity contribution >= 4 is 21.7 Å². The predicted octanol–water partition coefficient (Wildman–Crippen LogP) is 1.33. The van der Waals surface area contributed by atoms with Crippen LogP contribution in [0.15, 0.2) is 10.6 Å². The highest BCUT2D eigenvalue weighted by atomic mass is 32.2. The van der Waals surface area contributed by atoms with Crippen LogP contribution in [0.5, 0.6) is 0 Å². The summed E-state index contributed by atoms with van der Waals surface area (Å²) in [6.07, 6.45) is 0.523. The van der Waals surface area contributed by atoms with E-state index < -0.39 is 16.1 Å². The van der Waals surface area contributed by atoms with E-state index in [1.54, 1.807) is 13.0 Å². The van der Waals surface area contributed by atoms with Gasteiger partial charge in [0.2, 0.25) is 15.9 Å². The average Bonchev–Trinajstić information content (AvgIpc) is 2.74. The second-order valence-electron chi connectivity index (χ2n) is 6.13. The number of sulfonamides is 1. The summed E-state index contributed by atoms with van der Waals surface area (Å²) in [4.78, 5) is 12.1. The summed E-state index contributed by atoms with van der Waals surface area (Å²) in [6.45, 7) is 7.87. The van der Waals surface area contributed by atoms with Crippen molar-refractivity contribution in [2.45, 2.75) is 45.6 Å². The lowest BCUT2D eigenvalue weighted by atomic mass is 9.93. The summed E-state index contributed by atoms with van der Waals surface area (Å²) in [5, 5.41) is 6.41. The third-order valence-corrected chi connectivity index (χ3v) is 5.38. The molecule has 1 aromatic rings. The van der Waals surface area contributed by atoms with E-state index >= 15 is 0 Å². The standard InChI is InChI=1S/C13H21N3O4S/c1-5-21(18,19)16-7-6-9(16)12(17)14-11-8-10(20-15-11)13(2,3)4/h8-9H,5-7H2,1-4H3,(H,14,15,17). The summed E-state index contributed by atoms with van der Waals surface area (Å²) in [6, 6.07) is 1.01. The maximum atomic E-state index is 12.1. The molecule has 1 atom stereocenters. The van der Waals surface area contributed by atoms with Gasteiger partial charge in [-0.2, -0.15) is 4.31 Å². The Morgan fingerprint density at radius 3 is 2.62 bits per heavy atom. The number of aromatic nitrogens is 1. The molecular weight excluding hydrogens is 294 g/mol. The van der Waals surface area contributed by atoms with Crippen molar-refractivity contribution in [3.8, 4) is 0 Å². The highest BCUT2D eigenvalue weighted by molar-refractivity contribution is 7.89. The maximum Gasteiger partial charge on any atom is 0.244 e. The third-order valence-electron chi connectivity index (χ3n) is 3.50. The minimum Gasteiger partial charge on any atom is -0.359 e. The highest BCUT2D eigenvalue weighted by Gasteiger charge is 2.41. The lowest BCUT2D eigenvalue weighted by molar-refractivity contribution is -0.122. The number of hydrogen-bond acceptors (Lipinski definition) is 5. The quantitative estimate of drug-likeness (QED) is 0.905. The Hall–Kier alpha value is -1.41. The van der Waals surface area contributed by atoms with E-state index in [-0.39, 0.29) is 17.1 Å². The van der Waals surface area contributed by atoms with Crippen molar-refractivity contribution in [3.63, 3.8) is 0 Å². The fourth-order valence-electron chi connectivity index (χ4n) is 2.02. The summed E-state index contributed by atoms with van der Waals surface area (Å²) in [7, 11) is -3.34. The SMILES string of the molecule is CCS(=O)(=O)N1CCC1C(=O)Nc1cc(C(C)(C)C)on1. The van der Waals surface area contributed by atoms with Crippen molar-refractivity contribution in [1.82, 2.24) is 9.46 Å². The molecule has 8 heteroatoms. The zero-order chi connectivity index (χ0) is 15.8. The number of anilines is 1. The zero-order valence-electron chi connectivity index (χ0n) is 12.7. The Morgan fingerprint density at radius 2 is 2.19 bits per heavy atom. The van der Waals surface area contributed by atoms with Gasteiger partial charge in [0.25, 0.3) is 0 Å². The van der Waals surface area contributed by atoms with Crippen LogP contribution in [0.3, 0.4) is 0 Å². The molecule has 118 valence electrons. The van der Waals surface area contributed by atoms with E-state index in [1.807, 2.05) is 20.8 Å². The van der Waals surface area contributed by atoms with Gasteiger partial charge in [0.1, 0.15) is 11.8 Å². The molecular formula is C13H21N3O4S. The number of carbonyl (C=O) groups excluding carboxylic acids is 1. The zero-order valence-corrected chi connectivity index (χ0v) is 13.5. The molecule has 0 saturated carbocycles. The Labute approximate surface area is 124 Å². The fourth-order valence-corrected chi connectivity index (χ4v) is 3.33. The number of nitrogens with one attached hydrogen (secondary N) is 1. The average molecular weight is 315 g/mol. The molecule has 2 rings (SSSR count). The molecule has 1 amide bonds. The molecule has 1 unspecified atom stereocenters. The van der Waals surface area contributed by atoms with Crippen LogP contribution >= 0.6 is 0 Å². The first-order valence-electron chi connectivity index (χ1n) is 6.92. The molecule has 0 aliphatic carbocycles. The van der Waals surface area contributed by atoms with Gasteiger partial charge >= 0.3 is 0 Å². The van der Waals surface area contributed by atoms with Crippen LogP contribution in [0.1, 0.15) is 39.9 Å². The van der Waals surface area contributed by atoms with Gasteiger partial charge in [-0.05, 0) is 13.3 Å².